The van der Waals surface area contributed by atoms with Gasteiger partial charge >= 0.3 is 0 Å². The van der Waals surface area contributed by atoms with E-state index in [-0.39, 0.29) is 0 Å². The van der Waals surface area contributed by atoms with Crippen LogP contribution in [0.25, 0.3) is 0 Å². The fraction of sp³-hybridized carbons (Fsp3) is 0.600. The zero-order chi connectivity index (χ0) is 5.91. The highest BCUT2D eigenvalue weighted by Crippen LogP contribution is 2.01. The minimum atomic E-state index is -0.970. The Balaban J connectivity index is 3.56. The van der Waals surface area contributed by atoms with Gasteiger partial charge in [0.15, 0.2) is 0 Å². The number of rotatable bonds is 1. The van der Waals surface area contributed by atoms with Gasteiger partial charge in [0.1, 0.15) is 0 Å². The lowest BCUT2D eigenvalue weighted by Gasteiger charge is -2.05. The van der Waals surface area contributed by atoms with Crippen molar-refractivity contribution in [2.75, 3.05) is 0 Å². The average Bonchev–Trinajstić information content (AvgIpc) is 1.30. The van der Waals surface area contributed by atoms with E-state index in [9.17, 15) is 0 Å². The lowest BCUT2D eigenvalue weighted by molar-refractivity contribution is 1.78. The van der Waals surface area contributed by atoms with Gasteiger partial charge in [0.2, 0.25) is 0 Å². The van der Waals surface area contributed by atoms with E-state index in [4.69, 9.17) is 11.6 Å². The molecule has 0 amide bonds. The summed E-state index contributed by atoms with van der Waals surface area (Å²) in [5, 5.41) is 0. The second-order valence-corrected chi connectivity index (χ2v) is 7.98. The first kappa shape index (κ1) is 7.25. The predicted octanol–water partition coefficient (Wildman–Crippen LogP) is 2.62. The van der Waals surface area contributed by atoms with Crippen LogP contribution >= 0.6 is 11.6 Å². The minimum absolute atomic E-state index is 0.970. The van der Waals surface area contributed by atoms with Crippen molar-refractivity contribution in [3.05, 3.63) is 11.2 Å². The summed E-state index contributed by atoms with van der Waals surface area (Å²) in [5.74, 6) is 0. The molecule has 0 aliphatic carbocycles. The highest BCUT2D eigenvalue weighted by molar-refractivity contribution is 6.81. The number of hydrogen-bond donors (Lipinski definition) is 0. The molecule has 0 aromatic rings. The zero-order valence-electron chi connectivity index (χ0n) is 5.03. The molecule has 0 saturated heterocycles. The molecule has 0 aromatic carbocycles. The van der Waals surface area contributed by atoms with E-state index in [1.54, 1.807) is 5.54 Å². The van der Waals surface area contributed by atoms with Crippen molar-refractivity contribution in [3.63, 3.8) is 0 Å². The van der Waals surface area contributed by atoms with Crippen molar-refractivity contribution < 1.29 is 0 Å². The third-order valence-corrected chi connectivity index (χ3v) is 2.07. The van der Waals surface area contributed by atoms with E-state index in [0.717, 1.165) is 0 Å². The van der Waals surface area contributed by atoms with Crippen molar-refractivity contribution in [1.29, 1.82) is 0 Å². The smallest absolute Gasteiger partial charge is 0.0698 e. The normalized spacial score (nSPS) is 13.1. The van der Waals surface area contributed by atoms with Gasteiger partial charge in [-0.3, -0.25) is 0 Å². The van der Waals surface area contributed by atoms with Gasteiger partial charge in [-0.1, -0.05) is 36.9 Å². The van der Waals surface area contributed by atoms with Crippen LogP contribution < -0.4 is 0 Å². The molecule has 0 bridgehead atoms. The standard InChI is InChI=1S/C5H11ClSi/c1-7(2,3)5-4-6/h4-5H,1-3H3/b5-4-. The molecule has 0 rings (SSSR count). The third-order valence-electron chi connectivity index (χ3n) is 0.563. The summed E-state index contributed by atoms with van der Waals surface area (Å²) in [5.41, 5.74) is 3.71. The minimum Gasteiger partial charge on any atom is -0.0937 e. The van der Waals surface area contributed by atoms with E-state index in [0.29, 0.717) is 0 Å². The van der Waals surface area contributed by atoms with Gasteiger partial charge in [-0.2, -0.15) is 0 Å². The second kappa shape index (κ2) is 2.53. The van der Waals surface area contributed by atoms with Crippen molar-refractivity contribution >= 4 is 19.7 Å². The van der Waals surface area contributed by atoms with Crippen molar-refractivity contribution in [2.24, 2.45) is 0 Å². The summed E-state index contributed by atoms with van der Waals surface area (Å²) in [4.78, 5) is 0. The van der Waals surface area contributed by atoms with Crippen LogP contribution in [0.2, 0.25) is 19.6 Å². The topological polar surface area (TPSA) is 0 Å². The van der Waals surface area contributed by atoms with Gasteiger partial charge in [0.05, 0.1) is 8.07 Å². The predicted molar refractivity (Wildman–Crippen MR) is 38.3 cm³/mol. The van der Waals surface area contributed by atoms with E-state index in [2.05, 4.69) is 25.3 Å². The van der Waals surface area contributed by atoms with Crippen molar-refractivity contribution in [1.82, 2.24) is 0 Å². The fourth-order valence-corrected chi connectivity index (χ4v) is 1.70. The van der Waals surface area contributed by atoms with Crippen LogP contribution in [-0.4, -0.2) is 8.07 Å². The second-order valence-electron chi connectivity index (χ2n) is 2.66. The summed E-state index contributed by atoms with van der Waals surface area (Å²) in [6, 6.07) is 0. The van der Waals surface area contributed by atoms with E-state index >= 15 is 0 Å². The van der Waals surface area contributed by atoms with Gasteiger partial charge in [0, 0.05) is 0 Å². The van der Waals surface area contributed by atoms with E-state index in [1.165, 1.54) is 0 Å². The molecule has 0 heterocycles. The largest absolute Gasteiger partial charge is 0.0937 e. The highest BCUT2D eigenvalue weighted by Gasteiger charge is 2.05. The Morgan fingerprint density at radius 1 is 1.29 bits per heavy atom. The van der Waals surface area contributed by atoms with Crippen LogP contribution in [0, 0.1) is 0 Å². The Morgan fingerprint density at radius 2 is 1.71 bits per heavy atom. The molecule has 0 fully saturated rings. The van der Waals surface area contributed by atoms with Crippen LogP contribution in [0.5, 0.6) is 0 Å². The first-order valence-corrected chi connectivity index (χ1v) is 6.35. The summed E-state index contributed by atoms with van der Waals surface area (Å²) in [7, 11) is -0.970. The van der Waals surface area contributed by atoms with Gasteiger partial charge in [-0.05, 0) is 5.54 Å². The third kappa shape index (κ3) is 6.25. The highest BCUT2D eigenvalue weighted by atomic mass is 35.5. The maximum atomic E-state index is 5.34. The molecular weight excluding hydrogens is 124 g/mol. The zero-order valence-corrected chi connectivity index (χ0v) is 6.79. The van der Waals surface area contributed by atoms with Gasteiger partial charge < -0.3 is 0 Å². The lowest BCUT2D eigenvalue weighted by Crippen LogP contribution is -2.14. The molecule has 0 aliphatic heterocycles. The van der Waals surface area contributed by atoms with Gasteiger partial charge in [-0.15, -0.1) is 0 Å². The Labute approximate surface area is 51.2 Å². The van der Waals surface area contributed by atoms with Gasteiger partial charge in [0.25, 0.3) is 0 Å². The SMILES string of the molecule is C[Si](C)(C)/C=C\Cl. The van der Waals surface area contributed by atoms with Crippen molar-refractivity contribution in [2.45, 2.75) is 19.6 Å². The van der Waals surface area contributed by atoms with E-state index in [1.807, 2.05) is 0 Å². The molecule has 2 heteroatoms. The molecule has 0 unspecified atom stereocenters. The molecule has 0 N–H and O–H groups in total. The molecule has 7 heavy (non-hydrogen) atoms. The Hall–Kier alpha value is 0.247. The molecule has 0 aliphatic rings. The molecular formula is C5H11ClSi. The molecule has 0 radical (unpaired) electrons. The number of halogens is 1. The quantitative estimate of drug-likeness (QED) is 0.484. The van der Waals surface area contributed by atoms with E-state index < -0.39 is 8.07 Å². The maximum Gasteiger partial charge on any atom is 0.0698 e. The van der Waals surface area contributed by atoms with Crippen LogP contribution in [0.3, 0.4) is 0 Å². The van der Waals surface area contributed by atoms with Crippen molar-refractivity contribution in [3.8, 4) is 0 Å². The summed E-state index contributed by atoms with van der Waals surface area (Å²) >= 11 is 5.34. The molecule has 0 nitrogen and oxygen atoms in total. The van der Waals surface area contributed by atoms with Crippen LogP contribution in [0.4, 0.5) is 0 Å². The number of hydrogen-bond acceptors (Lipinski definition) is 0. The Bertz CT molecular complexity index is 70.6. The first-order valence-electron chi connectivity index (χ1n) is 2.34. The summed E-state index contributed by atoms with van der Waals surface area (Å²) in [6.07, 6.45) is 0. The summed E-state index contributed by atoms with van der Waals surface area (Å²) in [6.45, 7) is 6.73. The molecule has 0 atom stereocenters. The van der Waals surface area contributed by atoms with Crippen LogP contribution in [0.1, 0.15) is 0 Å². The Morgan fingerprint density at radius 3 is 1.71 bits per heavy atom. The molecule has 0 aromatic heterocycles. The Kier molecular flexibility index (Phi) is 2.62. The molecule has 42 valence electrons. The lowest BCUT2D eigenvalue weighted by atomic mass is 11.2. The molecule has 0 saturated carbocycles. The monoisotopic (exact) mass is 134 g/mol. The fourth-order valence-electron chi connectivity index (χ4n) is 0.189. The maximum absolute atomic E-state index is 5.34. The summed E-state index contributed by atoms with van der Waals surface area (Å²) < 4.78 is 0. The molecule has 0 spiro atoms. The van der Waals surface area contributed by atoms with Crippen LogP contribution in [0.15, 0.2) is 11.2 Å². The van der Waals surface area contributed by atoms with Crippen LogP contribution in [-0.2, 0) is 0 Å². The van der Waals surface area contributed by atoms with Gasteiger partial charge in [-0.25, -0.2) is 0 Å². The first-order chi connectivity index (χ1) is 3.06. The average molecular weight is 135 g/mol.